The van der Waals surface area contributed by atoms with Crippen LogP contribution in [-0.2, 0) is 6.54 Å². The Bertz CT molecular complexity index is 490. The fraction of sp³-hybridized carbons (Fsp3) is 0.667. The van der Waals surface area contributed by atoms with Crippen LogP contribution in [0.25, 0.3) is 0 Å². The third-order valence-electron chi connectivity index (χ3n) is 3.33. The molecule has 9 heteroatoms. The Balaban J connectivity index is 1.68. The maximum atomic E-state index is 12.3. The van der Waals surface area contributed by atoms with Crippen molar-refractivity contribution in [2.24, 2.45) is 5.92 Å². The van der Waals surface area contributed by atoms with Crippen molar-refractivity contribution in [1.29, 1.82) is 0 Å². The van der Waals surface area contributed by atoms with Gasteiger partial charge in [0.1, 0.15) is 10.7 Å². The fourth-order valence-electron chi connectivity index (χ4n) is 2.44. The van der Waals surface area contributed by atoms with Crippen LogP contribution in [0.5, 0.6) is 0 Å². The van der Waals surface area contributed by atoms with Crippen molar-refractivity contribution in [3.8, 4) is 0 Å². The Labute approximate surface area is 119 Å². The minimum atomic E-state index is -4.16. The van der Waals surface area contributed by atoms with Crippen LogP contribution in [0.15, 0.2) is 16.5 Å². The fourth-order valence-corrected chi connectivity index (χ4v) is 2.44. The van der Waals surface area contributed by atoms with Crippen LogP contribution in [0.2, 0.25) is 0 Å². The molecule has 0 radical (unpaired) electrons. The second-order valence-corrected chi connectivity index (χ2v) is 5.13. The van der Waals surface area contributed by atoms with Crippen molar-refractivity contribution in [2.75, 3.05) is 26.2 Å². The van der Waals surface area contributed by atoms with Crippen LogP contribution in [0.3, 0.4) is 0 Å². The number of alkyl halides is 3. The molecular formula is C12H16F3N3O3. The summed E-state index contributed by atoms with van der Waals surface area (Å²) in [5, 5.41) is 13.5. The second-order valence-electron chi connectivity index (χ2n) is 5.13. The molecule has 1 unspecified atom stereocenters. The first-order valence-corrected chi connectivity index (χ1v) is 6.56. The zero-order chi connectivity index (χ0) is 15.5. The Morgan fingerprint density at radius 3 is 2.86 bits per heavy atom. The van der Waals surface area contributed by atoms with E-state index in [-0.39, 0.29) is 11.8 Å². The molecule has 1 saturated heterocycles. The Kier molecular flexibility index (Phi) is 4.84. The highest BCUT2D eigenvalue weighted by Crippen LogP contribution is 2.22. The zero-order valence-electron chi connectivity index (χ0n) is 11.2. The first kappa shape index (κ1) is 15.8. The molecular weight excluding hydrogens is 291 g/mol. The molecule has 0 aromatic carbocycles. The van der Waals surface area contributed by atoms with Crippen LogP contribution in [-0.4, -0.2) is 42.2 Å². The van der Waals surface area contributed by atoms with E-state index in [1.807, 2.05) is 0 Å². The van der Waals surface area contributed by atoms with Gasteiger partial charge in [-0.25, -0.2) is 0 Å². The van der Waals surface area contributed by atoms with Gasteiger partial charge < -0.3 is 9.73 Å². The van der Waals surface area contributed by atoms with Gasteiger partial charge in [-0.1, -0.05) is 0 Å². The third kappa shape index (κ3) is 5.01. The summed E-state index contributed by atoms with van der Waals surface area (Å²) in [5.41, 5.74) is 0. The summed E-state index contributed by atoms with van der Waals surface area (Å²) in [6, 6.07) is 2.79. The van der Waals surface area contributed by atoms with Gasteiger partial charge >= 0.3 is 12.1 Å². The first-order chi connectivity index (χ1) is 9.83. The Morgan fingerprint density at radius 2 is 2.24 bits per heavy atom. The summed E-state index contributed by atoms with van der Waals surface area (Å²) >= 11 is 0. The molecule has 0 saturated carbocycles. The largest absolute Gasteiger partial charge is 0.433 e. The molecule has 1 aromatic rings. The van der Waals surface area contributed by atoms with Crippen molar-refractivity contribution < 1.29 is 22.5 Å². The Morgan fingerprint density at radius 1 is 1.48 bits per heavy atom. The Hall–Kier alpha value is -1.61. The van der Waals surface area contributed by atoms with Gasteiger partial charge in [0, 0.05) is 6.54 Å². The van der Waals surface area contributed by atoms with E-state index in [1.54, 1.807) is 0 Å². The normalized spacial score (nSPS) is 20.0. The lowest BCUT2D eigenvalue weighted by Gasteiger charge is -2.17. The number of nitrogens with zero attached hydrogens (tertiary/aromatic N) is 2. The molecule has 2 rings (SSSR count). The maximum Gasteiger partial charge on any atom is 0.433 e. The molecule has 0 spiro atoms. The topological polar surface area (TPSA) is 71.6 Å². The molecule has 0 amide bonds. The highest BCUT2D eigenvalue weighted by molar-refractivity contribution is 5.17. The monoisotopic (exact) mass is 307 g/mol. The van der Waals surface area contributed by atoms with Crippen LogP contribution >= 0.6 is 0 Å². The summed E-state index contributed by atoms with van der Waals surface area (Å²) in [7, 11) is 0. The van der Waals surface area contributed by atoms with Crippen molar-refractivity contribution in [3.63, 3.8) is 0 Å². The van der Waals surface area contributed by atoms with Gasteiger partial charge in [-0.3, -0.25) is 15.0 Å². The maximum absolute atomic E-state index is 12.3. The summed E-state index contributed by atoms with van der Waals surface area (Å²) in [6.45, 7) is 0.864. The van der Waals surface area contributed by atoms with E-state index in [2.05, 4.69) is 5.32 Å². The number of hydrogen-bond donors (Lipinski definition) is 1. The zero-order valence-corrected chi connectivity index (χ0v) is 11.2. The van der Waals surface area contributed by atoms with Gasteiger partial charge in [-0.2, -0.15) is 13.2 Å². The number of nitrogens with one attached hydrogen (secondary N) is 1. The van der Waals surface area contributed by atoms with Crippen molar-refractivity contribution in [2.45, 2.75) is 19.1 Å². The molecule has 2 heterocycles. The van der Waals surface area contributed by atoms with Gasteiger partial charge in [-0.05, 0) is 31.5 Å². The standard InChI is InChI=1S/C12H16F3N3O3/c13-12(14,15)8-17-4-3-9(7-17)5-16-6-10-1-2-11(21-10)18(19)20/h1-2,9,16H,3-8H2. The van der Waals surface area contributed by atoms with Gasteiger partial charge in [0.2, 0.25) is 0 Å². The lowest BCUT2D eigenvalue weighted by Crippen LogP contribution is -2.33. The minimum Gasteiger partial charge on any atom is -0.404 e. The highest BCUT2D eigenvalue weighted by atomic mass is 19.4. The molecule has 21 heavy (non-hydrogen) atoms. The van der Waals surface area contributed by atoms with Crippen LogP contribution in [0.1, 0.15) is 12.2 Å². The molecule has 1 atom stereocenters. The lowest BCUT2D eigenvalue weighted by atomic mass is 10.1. The quantitative estimate of drug-likeness (QED) is 0.644. The van der Waals surface area contributed by atoms with E-state index >= 15 is 0 Å². The summed E-state index contributed by atoms with van der Waals surface area (Å²) in [4.78, 5) is 11.2. The SMILES string of the molecule is O=[N+]([O-])c1ccc(CNCC2CCN(CC(F)(F)F)C2)o1. The van der Waals surface area contributed by atoms with Gasteiger partial charge in [-0.15, -0.1) is 0 Å². The van der Waals surface area contributed by atoms with E-state index in [9.17, 15) is 23.3 Å². The predicted octanol–water partition coefficient (Wildman–Crippen LogP) is 2.16. The number of rotatable bonds is 6. The lowest BCUT2D eigenvalue weighted by molar-refractivity contribution is -0.402. The predicted molar refractivity (Wildman–Crippen MR) is 67.7 cm³/mol. The van der Waals surface area contributed by atoms with E-state index in [4.69, 9.17) is 4.42 Å². The second kappa shape index (κ2) is 6.44. The number of furan rings is 1. The molecule has 0 bridgehead atoms. The number of halogens is 3. The smallest absolute Gasteiger partial charge is 0.404 e. The highest BCUT2D eigenvalue weighted by Gasteiger charge is 2.34. The van der Waals surface area contributed by atoms with E-state index in [0.29, 0.717) is 38.4 Å². The number of likely N-dealkylation sites (tertiary alicyclic amines) is 1. The van der Waals surface area contributed by atoms with Crippen molar-refractivity contribution in [1.82, 2.24) is 10.2 Å². The summed E-state index contributed by atoms with van der Waals surface area (Å²) < 4.78 is 41.7. The average Bonchev–Trinajstić information content (AvgIpc) is 2.97. The van der Waals surface area contributed by atoms with Gasteiger partial charge in [0.25, 0.3) is 0 Å². The average molecular weight is 307 g/mol. The summed E-state index contributed by atoms with van der Waals surface area (Å²) in [5.74, 6) is 0.271. The van der Waals surface area contributed by atoms with E-state index < -0.39 is 17.6 Å². The van der Waals surface area contributed by atoms with Crippen LogP contribution < -0.4 is 5.32 Å². The van der Waals surface area contributed by atoms with Gasteiger partial charge in [0.05, 0.1) is 19.2 Å². The molecule has 1 aromatic heterocycles. The molecule has 6 nitrogen and oxygen atoms in total. The molecule has 118 valence electrons. The van der Waals surface area contributed by atoms with E-state index in [0.717, 1.165) is 0 Å². The van der Waals surface area contributed by atoms with Crippen LogP contribution in [0.4, 0.5) is 19.1 Å². The third-order valence-corrected chi connectivity index (χ3v) is 3.33. The number of nitro groups is 1. The first-order valence-electron chi connectivity index (χ1n) is 6.56. The molecule has 1 N–H and O–H groups in total. The van der Waals surface area contributed by atoms with Crippen molar-refractivity contribution >= 4 is 5.88 Å². The minimum absolute atomic E-state index is 0.150. The number of hydrogen-bond acceptors (Lipinski definition) is 5. The molecule has 1 aliphatic heterocycles. The van der Waals surface area contributed by atoms with E-state index in [1.165, 1.54) is 17.0 Å². The molecule has 0 aliphatic carbocycles. The molecule has 1 aliphatic rings. The molecule has 1 fully saturated rings. The van der Waals surface area contributed by atoms with Crippen LogP contribution in [0, 0.1) is 16.0 Å². The van der Waals surface area contributed by atoms with Crippen molar-refractivity contribution in [3.05, 3.63) is 28.0 Å². The summed E-state index contributed by atoms with van der Waals surface area (Å²) in [6.07, 6.45) is -3.45. The van der Waals surface area contributed by atoms with Gasteiger partial charge in [0.15, 0.2) is 0 Å².